The number of guanidine groups is 1. The maximum absolute atomic E-state index is 5.83. The molecule has 1 unspecified atom stereocenters. The molecule has 1 aliphatic heterocycles. The van der Waals surface area contributed by atoms with Gasteiger partial charge in [0.15, 0.2) is 5.96 Å². The van der Waals surface area contributed by atoms with E-state index in [9.17, 15) is 0 Å². The lowest BCUT2D eigenvalue weighted by Crippen LogP contribution is -2.42. The number of thiophene rings is 1. The molecule has 0 spiro atoms. The molecule has 0 saturated carbocycles. The summed E-state index contributed by atoms with van der Waals surface area (Å²) in [6, 6.07) is 8.52. The molecule has 0 aromatic carbocycles. The molecule has 5 nitrogen and oxygen atoms in total. The fraction of sp³-hybridized carbons (Fsp3) is 0.444. The highest BCUT2D eigenvalue weighted by Gasteiger charge is 2.24. The highest BCUT2D eigenvalue weighted by Crippen LogP contribution is 2.27. The number of rotatable bonds is 6. The summed E-state index contributed by atoms with van der Waals surface area (Å²) in [5, 5.41) is 9.47. The molecule has 26 heavy (non-hydrogen) atoms. The van der Waals surface area contributed by atoms with Crippen molar-refractivity contribution in [2.24, 2.45) is 4.99 Å². The smallest absolute Gasteiger partial charge is 0.191 e. The first-order valence-corrected chi connectivity index (χ1v) is 9.84. The number of likely N-dealkylation sites (tertiary alicyclic amines) is 1. The fourth-order valence-corrected chi connectivity index (χ4v) is 4.03. The Hall–Kier alpha value is -0.900. The van der Waals surface area contributed by atoms with Gasteiger partial charge in [0, 0.05) is 31.2 Å². The van der Waals surface area contributed by atoms with Gasteiger partial charge in [0.25, 0.3) is 0 Å². The summed E-state index contributed by atoms with van der Waals surface area (Å²) in [5.74, 6) is 0.802. The fourth-order valence-electron chi connectivity index (χ4n) is 3.05. The molecule has 2 aromatic rings. The Bertz CT molecular complexity index is 671. The summed E-state index contributed by atoms with van der Waals surface area (Å²) in [6.45, 7) is 3.86. The predicted octanol–water partition coefficient (Wildman–Crippen LogP) is 3.92. The number of nitrogens with zero attached hydrogens (tertiary/aromatic N) is 3. The van der Waals surface area contributed by atoms with Gasteiger partial charge in [-0.25, -0.2) is 4.98 Å². The van der Waals surface area contributed by atoms with Crippen molar-refractivity contribution in [2.75, 3.05) is 26.7 Å². The van der Waals surface area contributed by atoms with Crippen molar-refractivity contribution < 1.29 is 0 Å². The maximum Gasteiger partial charge on any atom is 0.191 e. The Morgan fingerprint density at radius 2 is 2.12 bits per heavy atom. The molecular weight excluding hydrogens is 481 g/mol. The lowest BCUT2D eigenvalue weighted by molar-refractivity contribution is 0.249. The van der Waals surface area contributed by atoms with Crippen LogP contribution < -0.4 is 10.6 Å². The monoisotopic (exact) mass is 505 g/mol. The minimum Gasteiger partial charge on any atom is -0.354 e. The van der Waals surface area contributed by atoms with Gasteiger partial charge in [0.2, 0.25) is 0 Å². The molecule has 1 saturated heterocycles. The first kappa shape index (κ1) is 21.4. The van der Waals surface area contributed by atoms with E-state index in [0.29, 0.717) is 17.7 Å². The van der Waals surface area contributed by atoms with E-state index in [4.69, 9.17) is 11.6 Å². The van der Waals surface area contributed by atoms with Crippen molar-refractivity contribution in [2.45, 2.75) is 25.4 Å². The number of halogens is 2. The average molecular weight is 506 g/mol. The Morgan fingerprint density at radius 3 is 2.73 bits per heavy atom. The normalized spacial score (nSPS) is 16.2. The number of hydrogen-bond donors (Lipinski definition) is 2. The number of pyridine rings is 1. The van der Waals surface area contributed by atoms with Crippen molar-refractivity contribution >= 4 is 52.9 Å². The van der Waals surface area contributed by atoms with Crippen LogP contribution >= 0.6 is 46.9 Å². The lowest BCUT2D eigenvalue weighted by atomic mass is 10.2. The highest BCUT2D eigenvalue weighted by atomic mass is 127. The molecular formula is C18H25ClIN5S. The van der Waals surface area contributed by atoms with E-state index in [1.165, 1.54) is 30.8 Å². The lowest BCUT2D eigenvalue weighted by Gasteiger charge is -2.27. The van der Waals surface area contributed by atoms with Crippen LogP contribution in [0.4, 0.5) is 0 Å². The third-order valence-corrected chi connectivity index (χ3v) is 5.59. The third kappa shape index (κ3) is 6.07. The number of hydrogen-bond acceptors (Lipinski definition) is 4. The summed E-state index contributed by atoms with van der Waals surface area (Å²) >= 11 is 7.65. The van der Waals surface area contributed by atoms with Gasteiger partial charge in [-0.15, -0.1) is 35.3 Å². The summed E-state index contributed by atoms with van der Waals surface area (Å²) in [4.78, 5) is 12.4. The summed E-state index contributed by atoms with van der Waals surface area (Å²) in [7, 11) is 1.80. The molecule has 1 aliphatic rings. The zero-order valence-corrected chi connectivity index (χ0v) is 18.7. The SMILES string of the molecule is CN=C(NCc1ccc(Cl)nc1)NCC(c1cccs1)N1CCCC1.I. The van der Waals surface area contributed by atoms with Gasteiger partial charge >= 0.3 is 0 Å². The van der Waals surface area contributed by atoms with Crippen LogP contribution in [0.15, 0.2) is 40.8 Å². The van der Waals surface area contributed by atoms with Gasteiger partial charge in [0.1, 0.15) is 5.15 Å². The topological polar surface area (TPSA) is 52.6 Å². The molecule has 0 bridgehead atoms. The van der Waals surface area contributed by atoms with Gasteiger partial charge < -0.3 is 10.6 Å². The van der Waals surface area contributed by atoms with Crippen LogP contribution in [-0.2, 0) is 6.54 Å². The number of nitrogens with one attached hydrogen (secondary N) is 2. The second kappa shape index (κ2) is 11.1. The first-order chi connectivity index (χ1) is 12.3. The Labute approximate surface area is 181 Å². The van der Waals surface area contributed by atoms with Crippen LogP contribution in [0, 0.1) is 0 Å². The molecule has 1 fully saturated rings. The van der Waals surface area contributed by atoms with Crippen LogP contribution in [-0.4, -0.2) is 42.5 Å². The second-order valence-corrected chi connectivity index (χ2v) is 7.44. The Morgan fingerprint density at radius 1 is 1.31 bits per heavy atom. The van der Waals surface area contributed by atoms with Crippen LogP contribution in [0.2, 0.25) is 5.15 Å². The molecule has 0 aliphatic carbocycles. The van der Waals surface area contributed by atoms with E-state index >= 15 is 0 Å². The minimum absolute atomic E-state index is 0. The quantitative estimate of drug-likeness (QED) is 0.270. The van der Waals surface area contributed by atoms with E-state index in [-0.39, 0.29) is 24.0 Å². The van der Waals surface area contributed by atoms with Gasteiger partial charge in [-0.1, -0.05) is 23.7 Å². The van der Waals surface area contributed by atoms with Gasteiger partial charge in [-0.3, -0.25) is 9.89 Å². The van der Waals surface area contributed by atoms with Crippen LogP contribution in [0.5, 0.6) is 0 Å². The zero-order valence-electron chi connectivity index (χ0n) is 14.8. The molecule has 142 valence electrons. The molecule has 2 N–H and O–H groups in total. The number of aromatic nitrogens is 1. The van der Waals surface area contributed by atoms with Crippen molar-refractivity contribution in [1.82, 2.24) is 20.5 Å². The summed E-state index contributed by atoms with van der Waals surface area (Å²) in [6.07, 6.45) is 4.36. The second-order valence-electron chi connectivity index (χ2n) is 6.07. The van der Waals surface area contributed by atoms with Crippen molar-refractivity contribution in [3.05, 3.63) is 51.4 Å². The van der Waals surface area contributed by atoms with E-state index in [1.807, 2.05) is 17.4 Å². The van der Waals surface area contributed by atoms with Crippen molar-refractivity contribution in [3.63, 3.8) is 0 Å². The largest absolute Gasteiger partial charge is 0.354 e. The molecule has 1 atom stereocenters. The van der Waals surface area contributed by atoms with Gasteiger partial charge in [0.05, 0.1) is 6.04 Å². The standard InChI is InChI=1S/C18H24ClN5S.HI/c1-20-18(22-12-14-6-7-17(19)21-11-14)23-13-15(16-5-4-10-25-16)24-8-2-3-9-24;/h4-7,10-11,15H,2-3,8-9,12-13H2,1H3,(H2,20,22,23);1H. The summed E-state index contributed by atoms with van der Waals surface area (Å²) in [5.41, 5.74) is 1.07. The van der Waals surface area contributed by atoms with Crippen LogP contribution in [0.25, 0.3) is 0 Å². The molecule has 3 rings (SSSR count). The highest BCUT2D eigenvalue weighted by molar-refractivity contribution is 14.0. The van der Waals surface area contributed by atoms with E-state index in [0.717, 1.165) is 18.1 Å². The average Bonchev–Trinajstić information content (AvgIpc) is 3.33. The van der Waals surface area contributed by atoms with E-state index in [1.54, 1.807) is 19.3 Å². The van der Waals surface area contributed by atoms with Gasteiger partial charge in [-0.2, -0.15) is 0 Å². The van der Waals surface area contributed by atoms with Crippen molar-refractivity contribution in [1.29, 1.82) is 0 Å². The molecule has 3 heterocycles. The minimum atomic E-state index is 0. The van der Waals surface area contributed by atoms with Gasteiger partial charge in [-0.05, 0) is 49.0 Å². The molecule has 8 heteroatoms. The zero-order chi connectivity index (χ0) is 17.5. The Balaban J connectivity index is 0.00000243. The number of aliphatic imine (C=N–C) groups is 1. The predicted molar refractivity (Wildman–Crippen MR) is 121 cm³/mol. The molecule has 0 radical (unpaired) electrons. The first-order valence-electron chi connectivity index (χ1n) is 8.58. The van der Waals surface area contributed by atoms with Crippen LogP contribution in [0.1, 0.15) is 29.3 Å². The van der Waals surface area contributed by atoms with Crippen molar-refractivity contribution in [3.8, 4) is 0 Å². The maximum atomic E-state index is 5.83. The van der Waals surface area contributed by atoms with E-state index < -0.39 is 0 Å². The summed E-state index contributed by atoms with van der Waals surface area (Å²) < 4.78 is 0. The Kier molecular flexibility index (Phi) is 9.10. The third-order valence-electron chi connectivity index (χ3n) is 4.39. The molecule has 0 amide bonds. The van der Waals surface area contributed by atoms with E-state index in [2.05, 4.69) is 43.0 Å². The van der Waals surface area contributed by atoms with Crippen LogP contribution in [0.3, 0.4) is 0 Å². The molecule has 2 aromatic heterocycles.